The van der Waals surface area contributed by atoms with Gasteiger partial charge in [-0.2, -0.15) is 0 Å². The van der Waals surface area contributed by atoms with E-state index in [0.29, 0.717) is 10.8 Å². The summed E-state index contributed by atoms with van der Waals surface area (Å²) in [4.78, 5) is 17.0. The number of benzene rings is 3. The summed E-state index contributed by atoms with van der Waals surface area (Å²) in [7, 11) is -3.81. The van der Waals surface area contributed by atoms with Crippen molar-refractivity contribution in [3.05, 3.63) is 83.9 Å². The second kappa shape index (κ2) is 7.65. The van der Waals surface area contributed by atoms with Crippen LogP contribution in [0.2, 0.25) is 0 Å². The van der Waals surface area contributed by atoms with Gasteiger partial charge in [-0.3, -0.25) is 14.8 Å². The van der Waals surface area contributed by atoms with Crippen LogP contribution in [0.5, 0.6) is 0 Å². The molecule has 1 amide bonds. The number of para-hydroxylation sites is 1. The van der Waals surface area contributed by atoms with Crippen molar-refractivity contribution in [1.82, 2.24) is 4.98 Å². The molecule has 0 fully saturated rings. The van der Waals surface area contributed by atoms with E-state index in [9.17, 15) is 13.2 Å². The highest BCUT2D eigenvalue weighted by molar-refractivity contribution is 7.92. The van der Waals surface area contributed by atoms with Gasteiger partial charge in [-0.25, -0.2) is 13.4 Å². The van der Waals surface area contributed by atoms with Crippen molar-refractivity contribution in [2.75, 3.05) is 10.0 Å². The molecular formula is C21H17N3O3S2. The number of carbonyl (C=O) groups excluding carboxylic acids is 1. The van der Waals surface area contributed by atoms with Crippen LogP contribution in [-0.2, 0) is 10.0 Å². The Morgan fingerprint density at radius 2 is 1.76 bits per heavy atom. The number of carbonyl (C=O) groups is 1. The maximum Gasteiger partial charge on any atom is 0.261 e. The van der Waals surface area contributed by atoms with E-state index in [-0.39, 0.29) is 10.5 Å². The van der Waals surface area contributed by atoms with Crippen molar-refractivity contribution in [1.29, 1.82) is 0 Å². The maximum atomic E-state index is 12.6. The molecule has 1 heterocycles. The third-order valence-electron chi connectivity index (χ3n) is 4.20. The quantitative estimate of drug-likeness (QED) is 0.489. The highest BCUT2D eigenvalue weighted by Crippen LogP contribution is 2.27. The third-order valence-corrected chi connectivity index (χ3v) is 6.51. The predicted octanol–water partition coefficient (Wildman–Crippen LogP) is 4.66. The molecule has 0 bridgehead atoms. The highest BCUT2D eigenvalue weighted by atomic mass is 32.2. The van der Waals surface area contributed by atoms with Crippen LogP contribution in [0.3, 0.4) is 0 Å². The van der Waals surface area contributed by atoms with Crippen LogP contribution in [-0.4, -0.2) is 19.3 Å². The molecule has 0 aliphatic heterocycles. The van der Waals surface area contributed by atoms with Crippen LogP contribution in [0, 0.1) is 6.92 Å². The van der Waals surface area contributed by atoms with Crippen LogP contribution in [0.1, 0.15) is 15.9 Å². The molecule has 1 aromatic heterocycles. The maximum absolute atomic E-state index is 12.6. The number of rotatable bonds is 5. The molecule has 2 N–H and O–H groups in total. The zero-order valence-electron chi connectivity index (χ0n) is 15.4. The van der Waals surface area contributed by atoms with Crippen molar-refractivity contribution >= 4 is 48.3 Å². The molecular weight excluding hydrogens is 406 g/mol. The Kier molecular flexibility index (Phi) is 5.04. The van der Waals surface area contributed by atoms with Crippen LogP contribution in [0.15, 0.2) is 77.7 Å². The first-order valence-corrected chi connectivity index (χ1v) is 11.1. The van der Waals surface area contributed by atoms with Gasteiger partial charge in [0.2, 0.25) is 0 Å². The average molecular weight is 424 g/mol. The number of aryl methyl sites for hydroxylation is 1. The third kappa shape index (κ3) is 4.28. The number of aromatic nitrogens is 1. The molecule has 0 radical (unpaired) electrons. The molecule has 0 saturated carbocycles. The van der Waals surface area contributed by atoms with Crippen molar-refractivity contribution in [2.45, 2.75) is 11.8 Å². The summed E-state index contributed by atoms with van der Waals surface area (Å²) in [6.45, 7) is 1.99. The lowest BCUT2D eigenvalue weighted by atomic mass is 10.2. The van der Waals surface area contributed by atoms with E-state index in [0.717, 1.165) is 15.8 Å². The van der Waals surface area contributed by atoms with Gasteiger partial charge in [-0.1, -0.05) is 41.7 Å². The molecule has 146 valence electrons. The van der Waals surface area contributed by atoms with Crippen molar-refractivity contribution in [2.24, 2.45) is 0 Å². The molecule has 29 heavy (non-hydrogen) atoms. The van der Waals surface area contributed by atoms with Gasteiger partial charge < -0.3 is 0 Å². The molecule has 0 aliphatic rings. The number of fused-ring (bicyclic) bond motifs is 1. The smallest absolute Gasteiger partial charge is 0.261 e. The summed E-state index contributed by atoms with van der Waals surface area (Å²) >= 11 is 1.37. The van der Waals surface area contributed by atoms with Gasteiger partial charge in [0, 0.05) is 11.3 Å². The van der Waals surface area contributed by atoms with Gasteiger partial charge in [0.25, 0.3) is 15.9 Å². The lowest BCUT2D eigenvalue weighted by Crippen LogP contribution is -2.15. The minimum absolute atomic E-state index is 0.00827. The van der Waals surface area contributed by atoms with Crippen molar-refractivity contribution in [3.8, 4) is 0 Å². The first-order chi connectivity index (χ1) is 13.9. The van der Waals surface area contributed by atoms with Crippen LogP contribution < -0.4 is 10.0 Å². The molecule has 0 spiro atoms. The minimum Gasteiger partial charge on any atom is -0.298 e. The van der Waals surface area contributed by atoms with Crippen molar-refractivity contribution in [3.63, 3.8) is 0 Å². The number of nitrogens with one attached hydrogen (secondary N) is 2. The number of thiazole rings is 1. The van der Waals surface area contributed by atoms with E-state index in [1.165, 1.54) is 29.5 Å². The van der Waals surface area contributed by atoms with Gasteiger partial charge in [-0.05, 0) is 55.0 Å². The predicted molar refractivity (Wildman–Crippen MR) is 116 cm³/mol. The second-order valence-corrected chi connectivity index (χ2v) is 9.16. The van der Waals surface area contributed by atoms with Gasteiger partial charge in [-0.15, -0.1) is 0 Å². The molecule has 8 heteroatoms. The van der Waals surface area contributed by atoms with E-state index < -0.39 is 15.9 Å². The summed E-state index contributed by atoms with van der Waals surface area (Å²) in [5.74, 6) is -0.419. The lowest BCUT2D eigenvalue weighted by molar-refractivity contribution is 0.102. The van der Waals surface area contributed by atoms with Gasteiger partial charge in [0.05, 0.1) is 15.1 Å². The standard InChI is InChI=1S/C21H17N3O3S2/c1-14-10-11-18-19(12-14)28-21(22-18)23-20(25)15-6-5-9-17(13-15)29(26,27)24-16-7-3-2-4-8-16/h2-13,24H,1H3,(H,22,23,25). The van der Waals surface area contributed by atoms with E-state index >= 15 is 0 Å². The molecule has 6 nitrogen and oxygen atoms in total. The molecule has 3 aromatic carbocycles. The summed E-state index contributed by atoms with van der Waals surface area (Å²) in [5, 5.41) is 3.21. The summed E-state index contributed by atoms with van der Waals surface area (Å²) < 4.78 is 28.7. The largest absolute Gasteiger partial charge is 0.298 e. The molecule has 4 rings (SSSR count). The Morgan fingerprint density at radius 3 is 2.55 bits per heavy atom. The number of sulfonamides is 1. The Labute approximate surface area is 172 Å². The van der Waals surface area contributed by atoms with E-state index in [1.54, 1.807) is 36.4 Å². The van der Waals surface area contributed by atoms with E-state index in [1.807, 2.05) is 25.1 Å². The van der Waals surface area contributed by atoms with E-state index in [2.05, 4.69) is 15.0 Å². The van der Waals surface area contributed by atoms with Crippen LogP contribution in [0.4, 0.5) is 10.8 Å². The minimum atomic E-state index is -3.81. The normalized spacial score (nSPS) is 11.3. The SMILES string of the molecule is Cc1ccc2nc(NC(=O)c3cccc(S(=O)(=O)Nc4ccccc4)c3)sc2c1. The zero-order valence-corrected chi connectivity index (χ0v) is 17.0. The van der Waals surface area contributed by atoms with Gasteiger partial charge in [0.1, 0.15) is 0 Å². The fourth-order valence-corrected chi connectivity index (χ4v) is 4.84. The fourth-order valence-electron chi connectivity index (χ4n) is 2.78. The summed E-state index contributed by atoms with van der Waals surface area (Å²) in [6, 6.07) is 20.3. The summed E-state index contributed by atoms with van der Waals surface area (Å²) in [6.07, 6.45) is 0. The number of amides is 1. The Hall–Kier alpha value is -3.23. The van der Waals surface area contributed by atoms with Gasteiger partial charge in [0.15, 0.2) is 5.13 Å². The number of nitrogens with zero attached hydrogens (tertiary/aromatic N) is 1. The molecule has 0 unspecified atom stereocenters. The first kappa shape index (κ1) is 19.1. The topological polar surface area (TPSA) is 88.2 Å². The van der Waals surface area contributed by atoms with E-state index in [4.69, 9.17) is 0 Å². The summed E-state index contributed by atoms with van der Waals surface area (Å²) in [5.41, 5.74) is 2.60. The Bertz CT molecular complexity index is 1300. The van der Waals surface area contributed by atoms with Gasteiger partial charge >= 0.3 is 0 Å². The second-order valence-electron chi connectivity index (χ2n) is 6.44. The molecule has 0 atom stereocenters. The highest BCUT2D eigenvalue weighted by Gasteiger charge is 2.17. The monoisotopic (exact) mass is 423 g/mol. The number of hydrogen-bond donors (Lipinski definition) is 2. The number of hydrogen-bond acceptors (Lipinski definition) is 5. The fraction of sp³-hybridized carbons (Fsp3) is 0.0476. The molecule has 4 aromatic rings. The number of anilines is 2. The Balaban J connectivity index is 1.56. The lowest BCUT2D eigenvalue weighted by Gasteiger charge is -2.09. The first-order valence-electron chi connectivity index (χ1n) is 8.77. The molecule has 0 saturated heterocycles. The Morgan fingerprint density at radius 1 is 0.966 bits per heavy atom. The average Bonchev–Trinajstić information content (AvgIpc) is 3.10. The van der Waals surface area contributed by atoms with Crippen LogP contribution >= 0.6 is 11.3 Å². The van der Waals surface area contributed by atoms with Crippen LogP contribution in [0.25, 0.3) is 10.2 Å². The zero-order chi connectivity index (χ0) is 20.4. The van der Waals surface area contributed by atoms with Crippen molar-refractivity contribution < 1.29 is 13.2 Å². The molecule has 0 aliphatic carbocycles.